The van der Waals surface area contributed by atoms with Crippen LogP contribution in [0.5, 0.6) is 0 Å². The highest BCUT2D eigenvalue weighted by Crippen LogP contribution is 2.14. The molecule has 0 atom stereocenters. The predicted molar refractivity (Wildman–Crippen MR) is 64.2 cm³/mol. The third-order valence-corrected chi connectivity index (χ3v) is 2.13. The molecule has 15 heavy (non-hydrogen) atoms. The Morgan fingerprint density at radius 3 is 2.33 bits per heavy atom. The monoisotopic (exact) mass is 210 g/mol. The van der Waals surface area contributed by atoms with Crippen LogP contribution in [0.1, 0.15) is 51.8 Å². The van der Waals surface area contributed by atoms with Crippen molar-refractivity contribution in [3.8, 4) is 0 Å². The number of fused-ring (bicyclic) bond motifs is 1. The standard InChI is InChI=1S/C8H10N2O.2C2H6/c11-8-6-3-1-2-4-7(6)9-5-10-8;2*1-2/h5H,1-4H2,(H,9,10,11);2*1-2H3. The van der Waals surface area contributed by atoms with Gasteiger partial charge in [-0.2, -0.15) is 0 Å². The number of hydrogen-bond acceptors (Lipinski definition) is 2. The Morgan fingerprint density at radius 1 is 1.13 bits per heavy atom. The molecule has 3 heteroatoms. The summed E-state index contributed by atoms with van der Waals surface area (Å²) in [7, 11) is 0. The molecule has 0 saturated carbocycles. The van der Waals surface area contributed by atoms with Crippen molar-refractivity contribution in [2.24, 2.45) is 0 Å². The summed E-state index contributed by atoms with van der Waals surface area (Å²) in [6.07, 6.45) is 5.66. The molecule has 1 N–H and O–H groups in total. The van der Waals surface area contributed by atoms with Crippen molar-refractivity contribution in [1.82, 2.24) is 9.97 Å². The van der Waals surface area contributed by atoms with Crippen LogP contribution in [0.25, 0.3) is 0 Å². The van der Waals surface area contributed by atoms with Crippen molar-refractivity contribution >= 4 is 0 Å². The van der Waals surface area contributed by atoms with Gasteiger partial charge in [0.05, 0.1) is 12.0 Å². The van der Waals surface area contributed by atoms with E-state index in [4.69, 9.17) is 0 Å². The lowest BCUT2D eigenvalue weighted by Gasteiger charge is -2.11. The van der Waals surface area contributed by atoms with Gasteiger partial charge in [0.25, 0.3) is 5.56 Å². The van der Waals surface area contributed by atoms with Gasteiger partial charge in [-0.05, 0) is 25.7 Å². The van der Waals surface area contributed by atoms with Gasteiger partial charge in [-0.3, -0.25) is 4.79 Å². The first-order valence-corrected chi connectivity index (χ1v) is 5.93. The summed E-state index contributed by atoms with van der Waals surface area (Å²) in [6.45, 7) is 8.00. The smallest absolute Gasteiger partial charge is 0.254 e. The van der Waals surface area contributed by atoms with E-state index in [1.54, 1.807) is 0 Å². The van der Waals surface area contributed by atoms with E-state index in [0.717, 1.165) is 30.5 Å². The van der Waals surface area contributed by atoms with Gasteiger partial charge >= 0.3 is 0 Å². The summed E-state index contributed by atoms with van der Waals surface area (Å²) in [5.74, 6) is 0. The fourth-order valence-electron chi connectivity index (χ4n) is 1.53. The first-order valence-electron chi connectivity index (χ1n) is 5.93. The van der Waals surface area contributed by atoms with Crippen molar-refractivity contribution in [3.05, 3.63) is 27.9 Å². The van der Waals surface area contributed by atoms with Gasteiger partial charge in [-0.1, -0.05) is 27.7 Å². The Bertz CT molecular complexity index is 318. The average Bonchev–Trinajstić information content (AvgIpc) is 2.35. The van der Waals surface area contributed by atoms with Crippen LogP contribution in [0, 0.1) is 0 Å². The zero-order valence-electron chi connectivity index (χ0n) is 10.3. The fourth-order valence-corrected chi connectivity index (χ4v) is 1.53. The quantitative estimate of drug-likeness (QED) is 0.715. The molecular formula is C12H22N2O. The molecule has 1 aromatic rings. The molecule has 0 unspecified atom stereocenters. The highest BCUT2D eigenvalue weighted by molar-refractivity contribution is 5.18. The van der Waals surface area contributed by atoms with Gasteiger partial charge in [-0.15, -0.1) is 0 Å². The molecule has 0 spiro atoms. The lowest BCUT2D eigenvalue weighted by Crippen LogP contribution is -2.19. The number of nitrogens with zero attached hydrogens (tertiary/aromatic N) is 1. The summed E-state index contributed by atoms with van der Waals surface area (Å²) in [6, 6.07) is 0. The Labute approximate surface area is 92.0 Å². The molecule has 86 valence electrons. The Balaban J connectivity index is 0.000000442. The minimum Gasteiger partial charge on any atom is -0.313 e. The zero-order chi connectivity index (χ0) is 11.7. The lowest BCUT2D eigenvalue weighted by atomic mass is 9.97. The third-order valence-electron chi connectivity index (χ3n) is 2.13. The predicted octanol–water partition coefficient (Wildman–Crippen LogP) is 2.70. The van der Waals surface area contributed by atoms with E-state index in [1.807, 2.05) is 27.7 Å². The maximum Gasteiger partial charge on any atom is 0.254 e. The number of aromatic amines is 1. The van der Waals surface area contributed by atoms with Crippen molar-refractivity contribution in [1.29, 1.82) is 0 Å². The normalized spacial score (nSPS) is 12.5. The highest BCUT2D eigenvalue weighted by Gasteiger charge is 2.12. The molecule has 0 radical (unpaired) electrons. The Morgan fingerprint density at radius 2 is 1.73 bits per heavy atom. The highest BCUT2D eigenvalue weighted by atomic mass is 16.1. The van der Waals surface area contributed by atoms with Crippen molar-refractivity contribution in [3.63, 3.8) is 0 Å². The van der Waals surface area contributed by atoms with Gasteiger partial charge in [0.15, 0.2) is 0 Å². The molecule has 1 aromatic heterocycles. The van der Waals surface area contributed by atoms with Crippen LogP contribution >= 0.6 is 0 Å². The van der Waals surface area contributed by atoms with Crippen LogP contribution in [0.3, 0.4) is 0 Å². The Kier molecular flexibility index (Phi) is 7.60. The summed E-state index contributed by atoms with van der Waals surface area (Å²) in [4.78, 5) is 17.9. The molecule has 0 aromatic carbocycles. The minimum absolute atomic E-state index is 0.0506. The van der Waals surface area contributed by atoms with E-state index in [-0.39, 0.29) is 5.56 Å². The number of aryl methyl sites for hydroxylation is 1. The molecule has 2 rings (SSSR count). The summed E-state index contributed by atoms with van der Waals surface area (Å²) >= 11 is 0. The van der Waals surface area contributed by atoms with Gasteiger partial charge in [-0.25, -0.2) is 4.98 Å². The second kappa shape index (κ2) is 8.21. The molecule has 0 fully saturated rings. The van der Waals surface area contributed by atoms with Crippen LogP contribution in [0.4, 0.5) is 0 Å². The van der Waals surface area contributed by atoms with Crippen LogP contribution in [-0.2, 0) is 12.8 Å². The van der Waals surface area contributed by atoms with Gasteiger partial charge in [0.2, 0.25) is 0 Å². The third kappa shape index (κ3) is 3.86. The van der Waals surface area contributed by atoms with E-state index in [9.17, 15) is 4.79 Å². The molecule has 0 amide bonds. The summed E-state index contributed by atoms with van der Waals surface area (Å²) < 4.78 is 0. The molecule has 0 saturated heterocycles. The van der Waals surface area contributed by atoms with Gasteiger partial charge in [0, 0.05) is 5.56 Å². The molecule has 3 nitrogen and oxygen atoms in total. The zero-order valence-corrected chi connectivity index (χ0v) is 10.3. The average molecular weight is 210 g/mol. The first kappa shape index (κ1) is 13.9. The summed E-state index contributed by atoms with van der Waals surface area (Å²) in [5.41, 5.74) is 1.95. The fraction of sp³-hybridized carbons (Fsp3) is 0.667. The van der Waals surface area contributed by atoms with Crippen molar-refractivity contribution in [2.75, 3.05) is 0 Å². The number of nitrogens with one attached hydrogen (secondary N) is 1. The van der Waals surface area contributed by atoms with Crippen LogP contribution in [0.2, 0.25) is 0 Å². The minimum atomic E-state index is 0.0506. The summed E-state index contributed by atoms with van der Waals surface area (Å²) in [5, 5.41) is 0. The number of H-pyrrole nitrogens is 1. The molecule has 1 heterocycles. The van der Waals surface area contributed by atoms with Crippen molar-refractivity contribution < 1.29 is 0 Å². The maximum absolute atomic E-state index is 11.2. The largest absolute Gasteiger partial charge is 0.313 e. The van der Waals surface area contributed by atoms with Crippen LogP contribution in [0.15, 0.2) is 11.1 Å². The second-order valence-electron chi connectivity index (χ2n) is 2.86. The lowest BCUT2D eigenvalue weighted by molar-refractivity contribution is 0.656. The first-order chi connectivity index (χ1) is 7.38. The van der Waals surface area contributed by atoms with E-state index in [2.05, 4.69) is 9.97 Å². The number of hydrogen-bond donors (Lipinski definition) is 1. The van der Waals surface area contributed by atoms with Crippen LogP contribution in [-0.4, -0.2) is 9.97 Å². The molecular weight excluding hydrogens is 188 g/mol. The van der Waals surface area contributed by atoms with E-state index >= 15 is 0 Å². The molecule has 0 bridgehead atoms. The van der Waals surface area contributed by atoms with Crippen LogP contribution < -0.4 is 5.56 Å². The SMILES string of the molecule is CC.CC.O=c1[nH]cnc2c1CCCC2. The Hall–Kier alpha value is -1.12. The van der Waals surface area contributed by atoms with Gasteiger partial charge in [0.1, 0.15) is 0 Å². The van der Waals surface area contributed by atoms with E-state index < -0.39 is 0 Å². The van der Waals surface area contributed by atoms with Gasteiger partial charge < -0.3 is 4.98 Å². The van der Waals surface area contributed by atoms with Crippen molar-refractivity contribution in [2.45, 2.75) is 53.4 Å². The second-order valence-corrected chi connectivity index (χ2v) is 2.86. The molecule has 0 aliphatic heterocycles. The number of rotatable bonds is 0. The van der Waals surface area contributed by atoms with E-state index in [1.165, 1.54) is 12.7 Å². The number of aromatic nitrogens is 2. The maximum atomic E-state index is 11.2. The topological polar surface area (TPSA) is 45.8 Å². The molecule has 1 aliphatic carbocycles. The van der Waals surface area contributed by atoms with E-state index in [0.29, 0.717) is 0 Å². The molecule has 1 aliphatic rings.